The summed E-state index contributed by atoms with van der Waals surface area (Å²) in [6.07, 6.45) is 2.20. The van der Waals surface area contributed by atoms with Crippen LogP contribution in [-0.4, -0.2) is 26.2 Å². The Bertz CT molecular complexity index is 1430. The maximum Gasteiger partial charge on any atom is 0.232 e. The second kappa shape index (κ2) is 8.97. The van der Waals surface area contributed by atoms with Crippen molar-refractivity contribution in [2.75, 3.05) is 10.6 Å². The molecule has 0 fully saturated rings. The molecule has 0 saturated carbocycles. The molecule has 0 radical (unpaired) electrons. The van der Waals surface area contributed by atoms with Crippen molar-refractivity contribution < 1.29 is 9.59 Å². The second-order valence-corrected chi connectivity index (χ2v) is 9.09. The first kappa shape index (κ1) is 21.0. The SMILES string of the molecule is CC(=O)Nc1ccc(-c2csc(NC(=O)Cc3csc4nc(-c5ccccc5)cn34)n2)cc1. The molecule has 0 unspecified atom stereocenters. The number of benzene rings is 2. The number of thiazole rings is 2. The van der Waals surface area contributed by atoms with Crippen LogP contribution in [0.15, 0.2) is 71.6 Å². The van der Waals surface area contributed by atoms with E-state index in [9.17, 15) is 9.59 Å². The topological polar surface area (TPSA) is 88.4 Å². The smallest absolute Gasteiger partial charge is 0.232 e. The molecule has 0 aliphatic carbocycles. The minimum absolute atomic E-state index is 0.115. The number of aromatic nitrogens is 3. The fraction of sp³-hybridized carbons (Fsp3) is 0.0833. The molecule has 164 valence electrons. The Balaban J connectivity index is 1.26. The van der Waals surface area contributed by atoms with Gasteiger partial charge in [0, 0.05) is 46.4 Å². The number of amides is 2. The van der Waals surface area contributed by atoms with E-state index in [1.54, 1.807) is 0 Å². The summed E-state index contributed by atoms with van der Waals surface area (Å²) in [7, 11) is 0. The monoisotopic (exact) mass is 473 g/mol. The summed E-state index contributed by atoms with van der Waals surface area (Å²) in [4.78, 5) is 33.9. The number of carbonyl (C=O) groups excluding carboxylic acids is 2. The molecule has 9 heteroatoms. The highest BCUT2D eigenvalue weighted by atomic mass is 32.1. The normalized spacial score (nSPS) is 10.9. The number of rotatable bonds is 6. The number of anilines is 2. The third-order valence-corrected chi connectivity index (χ3v) is 6.59. The van der Waals surface area contributed by atoms with E-state index in [1.165, 1.54) is 29.6 Å². The molecule has 7 nitrogen and oxygen atoms in total. The largest absolute Gasteiger partial charge is 0.326 e. The van der Waals surface area contributed by atoms with Crippen molar-refractivity contribution in [2.24, 2.45) is 0 Å². The molecule has 0 aliphatic rings. The quantitative estimate of drug-likeness (QED) is 0.349. The molecule has 3 heterocycles. The number of hydrogen-bond acceptors (Lipinski definition) is 6. The molecular formula is C24H19N5O2S2. The van der Waals surface area contributed by atoms with Crippen LogP contribution in [0.5, 0.6) is 0 Å². The Kier molecular flexibility index (Phi) is 5.72. The lowest BCUT2D eigenvalue weighted by Crippen LogP contribution is -2.15. The molecule has 0 atom stereocenters. The number of nitrogens with one attached hydrogen (secondary N) is 2. The molecule has 0 spiro atoms. The first-order chi connectivity index (χ1) is 16.0. The Morgan fingerprint density at radius 2 is 1.64 bits per heavy atom. The van der Waals surface area contributed by atoms with E-state index in [2.05, 4.69) is 20.6 Å². The Morgan fingerprint density at radius 1 is 0.879 bits per heavy atom. The van der Waals surface area contributed by atoms with E-state index >= 15 is 0 Å². The molecule has 0 saturated heterocycles. The predicted molar refractivity (Wildman–Crippen MR) is 133 cm³/mol. The lowest BCUT2D eigenvalue weighted by Gasteiger charge is -2.03. The first-order valence-corrected chi connectivity index (χ1v) is 12.0. The van der Waals surface area contributed by atoms with Gasteiger partial charge in [0.1, 0.15) is 0 Å². The Labute approximate surface area is 197 Å². The molecule has 0 bridgehead atoms. The molecule has 3 aromatic heterocycles. The lowest BCUT2D eigenvalue weighted by atomic mass is 10.1. The molecular weight excluding hydrogens is 454 g/mol. The van der Waals surface area contributed by atoms with Gasteiger partial charge in [0.05, 0.1) is 17.8 Å². The number of imidazole rings is 1. The van der Waals surface area contributed by atoms with Gasteiger partial charge in [0.25, 0.3) is 0 Å². The van der Waals surface area contributed by atoms with Crippen molar-refractivity contribution >= 4 is 50.3 Å². The van der Waals surface area contributed by atoms with Crippen LogP contribution in [0.1, 0.15) is 12.6 Å². The molecule has 2 N–H and O–H groups in total. The van der Waals surface area contributed by atoms with Crippen molar-refractivity contribution in [3.63, 3.8) is 0 Å². The van der Waals surface area contributed by atoms with E-state index in [4.69, 9.17) is 0 Å². The number of carbonyl (C=O) groups is 2. The molecule has 0 aliphatic heterocycles. The van der Waals surface area contributed by atoms with Crippen molar-refractivity contribution in [1.82, 2.24) is 14.4 Å². The van der Waals surface area contributed by atoms with E-state index in [0.29, 0.717) is 5.13 Å². The van der Waals surface area contributed by atoms with Crippen LogP contribution in [0.25, 0.3) is 27.5 Å². The fourth-order valence-corrected chi connectivity index (χ4v) is 5.03. The highest BCUT2D eigenvalue weighted by Gasteiger charge is 2.14. The van der Waals surface area contributed by atoms with E-state index in [1.807, 2.05) is 76.0 Å². The van der Waals surface area contributed by atoms with Crippen molar-refractivity contribution in [2.45, 2.75) is 13.3 Å². The van der Waals surface area contributed by atoms with Crippen LogP contribution < -0.4 is 10.6 Å². The van der Waals surface area contributed by atoms with Gasteiger partial charge >= 0.3 is 0 Å². The summed E-state index contributed by atoms with van der Waals surface area (Å²) in [6.45, 7) is 1.47. The van der Waals surface area contributed by atoms with Gasteiger partial charge in [-0.15, -0.1) is 22.7 Å². The average molecular weight is 474 g/mol. The average Bonchev–Trinajstić information content (AvgIpc) is 3.52. The third kappa shape index (κ3) is 4.69. The van der Waals surface area contributed by atoms with Crippen LogP contribution in [0.4, 0.5) is 10.8 Å². The van der Waals surface area contributed by atoms with Crippen molar-refractivity contribution in [3.8, 4) is 22.5 Å². The molecule has 2 aromatic carbocycles. The van der Waals surface area contributed by atoms with Crippen LogP contribution in [0.3, 0.4) is 0 Å². The van der Waals surface area contributed by atoms with E-state index in [0.717, 1.165) is 38.9 Å². The predicted octanol–water partition coefficient (Wildman–Crippen LogP) is 5.33. The zero-order chi connectivity index (χ0) is 22.8. The van der Waals surface area contributed by atoms with E-state index in [-0.39, 0.29) is 18.2 Å². The highest BCUT2D eigenvalue weighted by Crippen LogP contribution is 2.27. The summed E-state index contributed by atoms with van der Waals surface area (Å²) in [5, 5.41) is 10.0. The maximum atomic E-state index is 12.7. The Hall–Kier alpha value is -3.82. The summed E-state index contributed by atoms with van der Waals surface area (Å²) in [5.41, 5.74) is 5.22. The van der Waals surface area contributed by atoms with Gasteiger partial charge in [-0.2, -0.15) is 0 Å². The summed E-state index contributed by atoms with van der Waals surface area (Å²) in [6, 6.07) is 17.4. The van der Waals surface area contributed by atoms with Crippen LogP contribution >= 0.6 is 22.7 Å². The highest BCUT2D eigenvalue weighted by molar-refractivity contribution is 7.15. The van der Waals surface area contributed by atoms with Gasteiger partial charge in [-0.05, 0) is 12.1 Å². The number of hydrogen-bond donors (Lipinski definition) is 2. The number of fused-ring (bicyclic) bond motifs is 1. The van der Waals surface area contributed by atoms with Crippen LogP contribution in [0.2, 0.25) is 0 Å². The minimum atomic E-state index is -0.133. The first-order valence-electron chi connectivity index (χ1n) is 10.2. The van der Waals surface area contributed by atoms with Gasteiger partial charge in [-0.1, -0.05) is 42.5 Å². The number of nitrogens with zero attached hydrogens (tertiary/aromatic N) is 3. The summed E-state index contributed by atoms with van der Waals surface area (Å²) in [5.74, 6) is -0.247. The van der Waals surface area contributed by atoms with Crippen molar-refractivity contribution in [1.29, 1.82) is 0 Å². The van der Waals surface area contributed by atoms with Gasteiger partial charge in [0.15, 0.2) is 10.1 Å². The van der Waals surface area contributed by atoms with Crippen LogP contribution in [-0.2, 0) is 16.0 Å². The van der Waals surface area contributed by atoms with Gasteiger partial charge in [0.2, 0.25) is 11.8 Å². The third-order valence-electron chi connectivity index (χ3n) is 4.95. The lowest BCUT2D eigenvalue weighted by molar-refractivity contribution is -0.116. The summed E-state index contributed by atoms with van der Waals surface area (Å²) < 4.78 is 1.97. The molecule has 33 heavy (non-hydrogen) atoms. The zero-order valence-electron chi connectivity index (χ0n) is 17.6. The molecule has 5 rings (SSSR count). The van der Waals surface area contributed by atoms with E-state index < -0.39 is 0 Å². The van der Waals surface area contributed by atoms with Crippen LogP contribution in [0, 0.1) is 0 Å². The zero-order valence-corrected chi connectivity index (χ0v) is 19.2. The Morgan fingerprint density at radius 3 is 2.39 bits per heavy atom. The van der Waals surface area contributed by atoms with Crippen molar-refractivity contribution in [3.05, 3.63) is 77.2 Å². The van der Waals surface area contributed by atoms with Gasteiger partial charge in [-0.3, -0.25) is 14.0 Å². The minimum Gasteiger partial charge on any atom is -0.326 e. The standard InChI is InChI=1S/C24H19N5O2S2/c1-15(30)25-18-9-7-17(8-10-18)21-14-32-23(26-21)28-22(31)11-19-13-33-24-27-20(12-29(19)24)16-5-3-2-4-6-16/h2-10,12-14H,11H2,1H3,(H,25,30)(H,26,28,31). The van der Waals surface area contributed by atoms with Gasteiger partial charge < -0.3 is 10.6 Å². The van der Waals surface area contributed by atoms with Gasteiger partial charge in [-0.25, -0.2) is 9.97 Å². The molecule has 5 aromatic rings. The maximum absolute atomic E-state index is 12.7. The summed E-state index contributed by atoms with van der Waals surface area (Å²) >= 11 is 2.89. The second-order valence-electron chi connectivity index (χ2n) is 7.39. The molecule has 2 amide bonds. The fourth-order valence-electron chi connectivity index (χ4n) is 3.42.